The van der Waals surface area contributed by atoms with E-state index in [-0.39, 0.29) is 5.88 Å². The van der Waals surface area contributed by atoms with E-state index >= 15 is 0 Å². The maximum absolute atomic E-state index is 10.1. The maximum Gasteiger partial charge on any atom is 0.230 e. The Hall–Kier alpha value is -2.90. The summed E-state index contributed by atoms with van der Waals surface area (Å²) in [5.74, 6) is 0.732. The van der Waals surface area contributed by atoms with Crippen LogP contribution in [0, 0.1) is 0 Å². The van der Waals surface area contributed by atoms with E-state index in [9.17, 15) is 5.11 Å². The first-order valence-corrected chi connectivity index (χ1v) is 8.91. The molecule has 26 heavy (non-hydrogen) atoms. The number of thiazole rings is 1. The minimum Gasteiger partial charge on any atom is -0.497 e. The number of aromatic amines is 1. The highest BCUT2D eigenvalue weighted by atomic mass is 35.5. The van der Waals surface area contributed by atoms with Gasteiger partial charge in [0, 0.05) is 21.4 Å². The number of fused-ring (bicyclic) bond motifs is 1. The molecule has 0 bridgehead atoms. The van der Waals surface area contributed by atoms with E-state index in [1.165, 1.54) is 11.3 Å². The van der Waals surface area contributed by atoms with Crippen molar-refractivity contribution in [2.24, 2.45) is 10.2 Å². The summed E-state index contributed by atoms with van der Waals surface area (Å²) in [7, 11) is 1.63. The van der Waals surface area contributed by atoms with Gasteiger partial charge in [0.25, 0.3) is 0 Å². The summed E-state index contributed by atoms with van der Waals surface area (Å²) in [6.07, 6.45) is 0. The molecule has 6 nitrogen and oxygen atoms in total. The molecule has 2 N–H and O–H groups in total. The third kappa shape index (κ3) is 3.14. The predicted octanol–water partition coefficient (Wildman–Crippen LogP) is 6.07. The third-order valence-electron chi connectivity index (χ3n) is 3.83. The molecule has 130 valence electrons. The van der Waals surface area contributed by atoms with E-state index in [0.717, 1.165) is 22.5 Å². The zero-order chi connectivity index (χ0) is 18.1. The second-order valence-corrected chi connectivity index (χ2v) is 6.73. The zero-order valence-corrected chi connectivity index (χ0v) is 15.2. The van der Waals surface area contributed by atoms with Crippen LogP contribution in [0.5, 0.6) is 11.6 Å². The van der Waals surface area contributed by atoms with E-state index in [4.69, 9.17) is 16.3 Å². The van der Waals surface area contributed by atoms with Crippen molar-refractivity contribution in [1.82, 2.24) is 9.97 Å². The molecule has 0 aliphatic rings. The fourth-order valence-corrected chi connectivity index (χ4v) is 3.35. The van der Waals surface area contributed by atoms with E-state index < -0.39 is 0 Å². The van der Waals surface area contributed by atoms with E-state index in [1.807, 2.05) is 29.6 Å². The van der Waals surface area contributed by atoms with Gasteiger partial charge in [-0.25, -0.2) is 4.98 Å². The largest absolute Gasteiger partial charge is 0.497 e. The smallest absolute Gasteiger partial charge is 0.230 e. The quantitative estimate of drug-likeness (QED) is 0.418. The van der Waals surface area contributed by atoms with Gasteiger partial charge in [-0.1, -0.05) is 11.6 Å². The SMILES string of the molecule is COc1ccc(-c2csc(N=Nc3c(O)[nH]c4ccc(Cl)cc34)n2)cc1. The molecule has 0 saturated carbocycles. The van der Waals surface area contributed by atoms with Crippen LogP contribution < -0.4 is 4.74 Å². The third-order valence-corrected chi connectivity index (χ3v) is 4.79. The van der Waals surface area contributed by atoms with E-state index in [0.29, 0.717) is 21.2 Å². The summed E-state index contributed by atoms with van der Waals surface area (Å²) in [6.45, 7) is 0. The fraction of sp³-hybridized carbons (Fsp3) is 0.0556. The van der Waals surface area contributed by atoms with Gasteiger partial charge in [-0.2, -0.15) is 0 Å². The molecule has 2 heterocycles. The number of methoxy groups -OCH3 is 1. The number of ether oxygens (including phenoxy) is 1. The number of nitrogens with one attached hydrogen (secondary N) is 1. The summed E-state index contributed by atoms with van der Waals surface area (Å²) in [6, 6.07) is 12.9. The van der Waals surface area contributed by atoms with Crippen molar-refractivity contribution >= 4 is 44.7 Å². The van der Waals surface area contributed by atoms with Crippen molar-refractivity contribution in [3.63, 3.8) is 0 Å². The molecule has 0 amide bonds. The lowest BCUT2D eigenvalue weighted by Gasteiger charge is -2.00. The Balaban J connectivity index is 1.63. The molecule has 2 aromatic heterocycles. The van der Waals surface area contributed by atoms with Gasteiger partial charge in [0.05, 0.1) is 18.3 Å². The number of nitrogens with zero attached hydrogens (tertiary/aromatic N) is 3. The summed E-state index contributed by atoms with van der Waals surface area (Å²) in [5, 5.41) is 22.0. The number of aromatic nitrogens is 2. The number of azo groups is 1. The number of hydrogen-bond acceptors (Lipinski definition) is 6. The van der Waals surface area contributed by atoms with Crippen LogP contribution in [0.1, 0.15) is 0 Å². The van der Waals surface area contributed by atoms with Crippen molar-refractivity contribution in [2.75, 3.05) is 7.11 Å². The Bertz CT molecular complexity index is 1100. The van der Waals surface area contributed by atoms with Gasteiger partial charge >= 0.3 is 0 Å². The maximum atomic E-state index is 10.1. The highest BCUT2D eigenvalue weighted by Crippen LogP contribution is 2.38. The summed E-state index contributed by atoms with van der Waals surface area (Å²) in [4.78, 5) is 7.31. The molecule has 0 saturated heterocycles. The number of benzene rings is 2. The molecular formula is C18H13ClN4O2S. The van der Waals surface area contributed by atoms with Crippen LogP contribution in [-0.2, 0) is 0 Å². The number of aromatic hydroxyl groups is 1. The van der Waals surface area contributed by atoms with Gasteiger partial charge in [0.15, 0.2) is 5.69 Å². The molecular weight excluding hydrogens is 372 g/mol. The number of H-pyrrole nitrogens is 1. The molecule has 0 atom stereocenters. The van der Waals surface area contributed by atoms with Crippen LogP contribution in [0.2, 0.25) is 5.02 Å². The van der Waals surface area contributed by atoms with Crippen molar-refractivity contribution in [3.8, 4) is 22.9 Å². The second kappa shape index (κ2) is 6.78. The first-order valence-electron chi connectivity index (χ1n) is 7.66. The Morgan fingerprint density at radius 1 is 1.15 bits per heavy atom. The Morgan fingerprint density at radius 3 is 2.73 bits per heavy atom. The average molecular weight is 385 g/mol. The van der Waals surface area contributed by atoms with Crippen LogP contribution >= 0.6 is 22.9 Å². The standard InChI is InChI=1S/C18H13ClN4O2S/c1-25-12-5-2-10(3-6-12)15-9-26-18(21-15)23-22-16-13-8-11(19)4-7-14(13)20-17(16)24/h2-9,20,24H,1H3. The van der Waals surface area contributed by atoms with Crippen molar-refractivity contribution in [3.05, 3.63) is 52.9 Å². The number of hydrogen-bond donors (Lipinski definition) is 2. The molecule has 0 radical (unpaired) electrons. The molecule has 0 spiro atoms. The minimum absolute atomic E-state index is 0.0575. The molecule has 4 aromatic rings. The summed E-state index contributed by atoms with van der Waals surface area (Å²) in [5.41, 5.74) is 2.84. The Labute approximate surface area is 157 Å². The molecule has 0 aliphatic heterocycles. The molecule has 8 heteroatoms. The van der Waals surface area contributed by atoms with Gasteiger partial charge in [0.1, 0.15) is 5.75 Å². The fourth-order valence-electron chi connectivity index (χ4n) is 2.53. The monoisotopic (exact) mass is 384 g/mol. The number of rotatable bonds is 4. The van der Waals surface area contributed by atoms with Crippen LogP contribution in [0.25, 0.3) is 22.2 Å². The molecule has 0 aliphatic carbocycles. The molecule has 0 fully saturated rings. The Morgan fingerprint density at radius 2 is 1.96 bits per heavy atom. The average Bonchev–Trinajstić information content (AvgIpc) is 3.24. The van der Waals surface area contributed by atoms with Crippen LogP contribution in [0.4, 0.5) is 10.8 Å². The lowest BCUT2D eigenvalue weighted by atomic mass is 10.2. The predicted molar refractivity (Wildman–Crippen MR) is 103 cm³/mol. The lowest BCUT2D eigenvalue weighted by molar-refractivity contribution is 0.415. The second-order valence-electron chi connectivity index (χ2n) is 5.46. The van der Waals surface area contributed by atoms with Gasteiger partial charge < -0.3 is 14.8 Å². The van der Waals surface area contributed by atoms with Gasteiger partial charge in [-0.05, 0) is 42.5 Å². The zero-order valence-electron chi connectivity index (χ0n) is 13.6. The normalized spacial score (nSPS) is 11.5. The van der Waals surface area contributed by atoms with Crippen LogP contribution in [0.15, 0.2) is 58.1 Å². The summed E-state index contributed by atoms with van der Waals surface area (Å²) < 4.78 is 5.16. The van der Waals surface area contributed by atoms with Crippen molar-refractivity contribution < 1.29 is 9.84 Å². The van der Waals surface area contributed by atoms with Crippen LogP contribution in [-0.4, -0.2) is 22.2 Å². The topological polar surface area (TPSA) is 82.9 Å². The highest BCUT2D eigenvalue weighted by molar-refractivity contribution is 7.13. The summed E-state index contributed by atoms with van der Waals surface area (Å²) >= 11 is 7.39. The minimum atomic E-state index is -0.0575. The van der Waals surface area contributed by atoms with Gasteiger partial charge in [0.2, 0.25) is 11.0 Å². The highest BCUT2D eigenvalue weighted by Gasteiger charge is 2.11. The molecule has 2 aromatic carbocycles. The van der Waals surface area contributed by atoms with Gasteiger partial charge in [-0.3, -0.25) is 0 Å². The number of halogens is 1. The molecule has 4 rings (SSSR count). The van der Waals surface area contributed by atoms with Gasteiger partial charge in [-0.15, -0.1) is 21.6 Å². The lowest BCUT2D eigenvalue weighted by Crippen LogP contribution is -1.82. The first-order chi connectivity index (χ1) is 12.6. The van der Waals surface area contributed by atoms with E-state index in [1.54, 1.807) is 25.3 Å². The van der Waals surface area contributed by atoms with Crippen LogP contribution in [0.3, 0.4) is 0 Å². The molecule has 0 unspecified atom stereocenters. The van der Waals surface area contributed by atoms with Crippen molar-refractivity contribution in [1.29, 1.82) is 0 Å². The van der Waals surface area contributed by atoms with Crippen molar-refractivity contribution in [2.45, 2.75) is 0 Å². The Kier molecular flexibility index (Phi) is 4.32. The van der Waals surface area contributed by atoms with E-state index in [2.05, 4.69) is 20.2 Å². The first kappa shape index (κ1) is 16.6.